The average Bonchev–Trinajstić information content (AvgIpc) is 2.53. The molecule has 1 aromatic carbocycles. The van der Waals surface area contributed by atoms with Gasteiger partial charge in [-0.15, -0.1) is 0 Å². The van der Waals surface area contributed by atoms with Crippen LogP contribution < -0.4 is 15.5 Å². The van der Waals surface area contributed by atoms with Crippen LogP contribution in [0.5, 0.6) is 0 Å². The largest absolute Gasteiger partial charge is 0.371 e. The summed E-state index contributed by atoms with van der Waals surface area (Å²) in [6.07, 6.45) is 7.21. The van der Waals surface area contributed by atoms with E-state index in [-0.39, 0.29) is 6.03 Å². The Morgan fingerprint density at radius 3 is 2.76 bits per heavy atom. The second kappa shape index (κ2) is 8.55. The Labute approximate surface area is 127 Å². The first-order valence-electron chi connectivity index (χ1n) is 8.19. The second-order valence-corrected chi connectivity index (χ2v) is 5.69. The van der Waals surface area contributed by atoms with Gasteiger partial charge in [0.25, 0.3) is 0 Å². The van der Waals surface area contributed by atoms with E-state index < -0.39 is 0 Å². The third-order valence-corrected chi connectivity index (χ3v) is 3.89. The lowest BCUT2D eigenvalue weighted by atomic mass is 10.1. The number of unbranched alkanes of at least 4 members (excludes halogenated alkanes) is 2. The van der Waals surface area contributed by atoms with Gasteiger partial charge in [0.2, 0.25) is 0 Å². The molecule has 0 bridgehead atoms. The Morgan fingerprint density at radius 1 is 1.19 bits per heavy atom. The van der Waals surface area contributed by atoms with E-state index in [9.17, 15) is 4.79 Å². The monoisotopic (exact) mass is 289 g/mol. The molecular formula is C17H27N3O. The van der Waals surface area contributed by atoms with Crippen LogP contribution in [-0.2, 0) is 0 Å². The molecule has 0 atom stereocenters. The molecule has 0 aliphatic carbocycles. The molecule has 1 heterocycles. The van der Waals surface area contributed by atoms with E-state index in [4.69, 9.17) is 0 Å². The summed E-state index contributed by atoms with van der Waals surface area (Å²) in [5, 5.41) is 5.82. The van der Waals surface area contributed by atoms with Gasteiger partial charge in [-0.25, -0.2) is 4.79 Å². The number of benzene rings is 1. The van der Waals surface area contributed by atoms with Crippen LogP contribution in [0.3, 0.4) is 0 Å². The highest BCUT2D eigenvalue weighted by Gasteiger charge is 2.11. The number of carbonyl (C=O) groups excluding carboxylic acids is 1. The van der Waals surface area contributed by atoms with E-state index in [1.807, 2.05) is 12.1 Å². The first-order chi connectivity index (χ1) is 10.3. The fraction of sp³-hybridized carbons (Fsp3) is 0.588. The smallest absolute Gasteiger partial charge is 0.319 e. The van der Waals surface area contributed by atoms with Gasteiger partial charge in [0.05, 0.1) is 0 Å². The quantitative estimate of drug-likeness (QED) is 0.778. The SMILES string of the molecule is CCCCCNC(=O)Nc1cccc(N2CCCCC2)c1. The Hall–Kier alpha value is -1.71. The Bertz CT molecular complexity index is 441. The zero-order chi connectivity index (χ0) is 14.9. The van der Waals surface area contributed by atoms with Crippen LogP contribution >= 0.6 is 0 Å². The molecule has 0 radical (unpaired) electrons. The third kappa shape index (κ3) is 5.29. The molecule has 1 fully saturated rings. The molecule has 0 aromatic heterocycles. The van der Waals surface area contributed by atoms with Crippen molar-refractivity contribution in [3.63, 3.8) is 0 Å². The van der Waals surface area contributed by atoms with Gasteiger partial charge in [0.15, 0.2) is 0 Å². The Balaban J connectivity index is 1.84. The molecule has 2 rings (SSSR count). The van der Waals surface area contributed by atoms with Crippen LogP contribution in [0.4, 0.5) is 16.2 Å². The van der Waals surface area contributed by atoms with Gasteiger partial charge in [-0.1, -0.05) is 25.8 Å². The number of hydrogen-bond acceptors (Lipinski definition) is 2. The molecule has 116 valence electrons. The molecule has 4 heteroatoms. The van der Waals surface area contributed by atoms with Crippen molar-refractivity contribution in [1.82, 2.24) is 5.32 Å². The maximum atomic E-state index is 11.8. The number of rotatable bonds is 6. The van der Waals surface area contributed by atoms with Crippen molar-refractivity contribution in [2.75, 3.05) is 29.9 Å². The fourth-order valence-corrected chi connectivity index (χ4v) is 2.68. The third-order valence-electron chi connectivity index (χ3n) is 3.89. The van der Waals surface area contributed by atoms with Gasteiger partial charge in [0, 0.05) is 31.0 Å². The number of nitrogens with one attached hydrogen (secondary N) is 2. The van der Waals surface area contributed by atoms with E-state index in [0.717, 1.165) is 38.2 Å². The highest BCUT2D eigenvalue weighted by Crippen LogP contribution is 2.22. The maximum absolute atomic E-state index is 11.8. The first kappa shape index (κ1) is 15.7. The number of amides is 2. The summed E-state index contributed by atoms with van der Waals surface area (Å²) >= 11 is 0. The molecule has 1 aliphatic rings. The lowest BCUT2D eigenvalue weighted by molar-refractivity contribution is 0.252. The lowest BCUT2D eigenvalue weighted by Gasteiger charge is -2.29. The summed E-state index contributed by atoms with van der Waals surface area (Å²) in [6.45, 7) is 5.14. The van der Waals surface area contributed by atoms with Crippen molar-refractivity contribution in [1.29, 1.82) is 0 Å². The van der Waals surface area contributed by atoms with Crippen molar-refractivity contribution in [3.8, 4) is 0 Å². The highest BCUT2D eigenvalue weighted by molar-refractivity contribution is 5.89. The van der Waals surface area contributed by atoms with Gasteiger partial charge in [0.1, 0.15) is 0 Å². The highest BCUT2D eigenvalue weighted by atomic mass is 16.2. The number of hydrogen-bond donors (Lipinski definition) is 2. The van der Waals surface area contributed by atoms with Crippen molar-refractivity contribution in [2.24, 2.45) is 0 Å². The topological polar surface area (TPSA) is 44.4 Å². The zero-order valence-electron chi connectivity index (χ0n) is 13.0. The van der Waals surface area contributed by atoms with Gasteiger partial charge in [-0.2, -0.15) is 0 Å². The summed E-state index contributed by atoms with van der Waals surface area (Å²) in [5.74, 6) is 0. The van der Waals surface area contributed by atoms with E-state index in [1.165, 1.54) is 31.4 Å². The number of piperidine rings is 1. The predicted octanol–water partition coefficient (Wildman–Crippen LogP) is 3.99. The van der Waals surface area contributed by atoms with E-state index in [0.29, 0.717) is 0 Å². The van der Waals surface area contributed by atoms with Gasteiger partial charge >= 0.3 is 6.03 Å². The molecule has 0 unspecified atom stereocenters. The Kier molecular flexibility index (Phi) is 6.38. The molecule has 1 aliphatic heterocycles. The zero-order valence-corrected chi connectivity index (χ0v) is 13.0. The minimum Gasteiger partial charge on any atom is -0.371 e. The van der Waals surface area contributed by atoms with E-state index in [2.05, 4.69) is 34.6 Å². The first-order valence-corrected chi connectivity index (χ1v) is 8.19. The summed E-state index contributed by atoms with van der Waals surface area (Å²) in [6, 6.07) is 8.03. The summed E-state index contributed by atoms with van der Waals surface area (Å²) in [7, 11) is 0. The van der Waals surface area contributed by atoms with Crippen LogP contribution in [0.15, 0.2) is 24.3 Å². The van der Waals surface area contributed by atoms with Crippen molar-refractivity contribution in [2.45, 2.75) is 45.4 Å². The number of anilines is 2. The van der Waals surface area contributed by atoms with Crippen molar-refractivity contribution in [3.05, 3.63) is 24.3 Å². The Morgan fingerprint density at radius 2 is 2.00 bits per heavy atom. The fourth-order valence-electron chi connectivity index (χ4n) is 2.68. The molecule has 2 amide bonds. The standard InChI is InChI=1S/C17H27N3O/c1-2-3-5-11-18-17(21)19-15-9-8-10-16(14-15)20-12-6-4-7-13-20/h8-10,14H,2-7,11-13H2,1H3,(H2,18,19,21). The van der Waals surface area contributed by atoms with E-state index >= 15 is 0 Å². The van der Waals surface area contributed by atoms with Crippen LogP contribution in [0.25, 0.3) is 0 Å². The van der Waals surface area contributed by atoms with Crippen LogP contribution in [-0.4, -0.2) is 25.7 Å². The molecular weight excluding hydrogens is 262 g/mol. The lowest BCUT2D eigenvalue weighted by Crippen LogP contribution is -2.30. The van der Waals surface area contributed by atoms with Crippen molar-refractivity contribution < 1.29 is 4.79 Å². The predicted molar refractivity (Wildman–Crippen MR) is 89.1 cm³/mol. The normalized spacial score (nSPS) is 14.8. The minimum atomic E-state index is -0.109. The number of urea groups is 1. The van der Waals surface area contributed by atoms with E-state index in [1.54, 1.807) is 0 Å². The maximum Gasteiger partial charge on any atom is 0.319 e. The molecule has 1 saturated heterocycles. The van der Waals surface area contributed by atoms with Crippen LogP contribution in [0.2, 0.25) is 0 Å². The van der Waals surface area contributed by atoms with Gasteiger partial charge < -0.3 is 15.5 Å². The molecule has 4 nitrogen and oxygen atoms in total. The van der Waals surface area contributed by atoms with Crippen molar-refractivity contribution >= 4 is 17.4 Å². The summed E-state index contributed by atoms with van der Waals surface area (Å²) in [4.78, 5) is 14.2. The minimum absolute atomic E-state index is 0.109. The summed E-state index contributed by atoms with van der Waals surface area (Å²) in [5.41, 5.74) is 2.07. The van der Waals surface area contributed by atoms with Crippen LogP contribution in [0.1, 0.15) is 45.4 Å². The van der Waals surface area contributed by atoms with Gasteiger partial charge in [-0.05, 0) is 43.9 Å². The molecule has 21 heavy (non-hydrogen) atoms. The average molecular weight is 289 g/mol. The van der Waals surface area contributed by atoms with Crippen LogP contribution in [0, 0.1) is 0 Å². The molecule has 2 N–H and O–H groups in total. The van der Waals surface area contributed by atoms with Gasteiger partial charge in [-0.3, -0.25) is 0 Å². The second-order valence-electron chi connectivity index (χ2n) is 5.69. The molecule has 0 saturated carbocycles. The molecule has 1 aromatic rings. The molecule has 0 spiro atoms. The summed E-state index contributed by atoms with van der Waals surface area (Å²) < 4.78 is 0. The number of carbonyl (C=O) groups is 1. The number of nitrogens with zero attached hydrogens (tertiary/aromatic N) is 1.